The van der Waals surface area contributed by atoms with E-state index in [0.29, 0.717) is 12.8 Å². The van der Waals surface area contributed by atoms with Gasteiger partial charge < -0.3 is 15.1 Å². The number of amides is 3. The summed E-state index contributed by atoms with van der Waals surface area (Å²) in [6.45, 7) is 8.43. The van der Waals surface area contributed by atoms with Crippen molar-refractivity contribution in [2.45, 2.75) is 89.0 Å². The summed E-state index contributed by atoms with van der Waals surface area (Å²) in [6, 6.07) is 18.6. The van der Waals surface area contributed by atoms with E-state index in [2.05, 4.69) is 42.3 Å². The minimum Gasteiger partial charge on any atom is -0.332 e. The Balaban J connectivity index is 1.41. The number of hydrogen-bond donors (Lipinski definition) is 1. The zero-order valence-corrected chi connectivity index (χ0v) is 24.7. The molecule has 41 heavy (non-hydrogen) atoms. The molecule has 216 valence electrons. The highest BCUT2D eigenvalue weighted by Crippen LogP contribution is 2.46. The van der Waals surface area contributed by atoms with Gasteiger partial charge in [0.15, 0.2) is 0 Å². The third-order valence-corrected chi connectivity index (χ3v) is 9.21. The molecule has 0 radical (unpaired) electrons. The lowest BCUT2D eigenvalue weighted by molar-refractivity contribution is -0.148. The molecule has 3 aliphatic rings. The van der Waals surface area contributed by atoms with E-state index in [1.165, 1.54) is 5.56 Å². The van der Waals surface area contributed by atoms with E-state index in [-0.39, 0.29) is 54.7 Å². The van der Waals surface area contributed by atoms with E-state index in [1.54, 1.807) is 16.8 Å². The van der Waals surface area contributed by atoms with Crippen LogP contribution in [0.4, 0.5) is 5.69 Å². The molecule has 0 bridgehead atoms. The van der Waals surface area contributed by atoms with Crippen LogP contribution in [0.1, 0.15) is 70.5 Å². The highest BCUT2D eigenvalue weighted by Gasteiger charge is 2.57. The van der Waals surface area contributed by atoms with Crippen LogP contribution in [0.3, 0.4) is 0 Å². The summed E-state index contributed by atoms with van der Waals surface area (Å²) in [6.07, 6.45) is 2.30. The van der Waals surface area contributed by atoms with E-state index < -0.39 is 17.5 Å². The molecule has 8 heteroatoms. The van der Waals surface area contributed by atoms with Crippen LogP contribution in [-0.4, -0.2) is 70.2 Å². The Morgan fingerprint density at radius 3 is 2.41 bits per heavy atom. The van der Waals surface area contributed by atoms with Crippen molar-refractivity contribution < 1.29 is 14.4 Å². The zero-order chi connectivity index (χ0) is 29.5. The summed E-state index contributed by atoms with van der Waals surface area (Å²) in [5.74, 6) is -0.357. The first-order chi connectivity index (χ1) is 19.6. The maximum absolute atomic E-state index is 14.3. The molecule has 2 aromatic rings. The molecule has 3 heterocycles. The molecule has 0 saturated carbocycles. The van der Waals surface area contributed by atoms with E-state index in [9.17, 15) is 19.6 Å². The summed E-state index contributed by atoms with van der Waals surface area (Å²) >= 11 is 0. The molecular formula is C33H41N5O3. The molecule has 0 aromatic heterocycles. The molecule has 8 nitrogen and oxygen atoms in total. The van der Waals surface area contributed by atoms with Gasteiger partial charge in [0.05, 0.1) is 17.5 Å². The quantitative estimate of drug-likeness (QED) is 0.543. The van der Waals surface area contributed by atoms with Gasteiger partial charge in [-0.05, 0) is 56.2 Å². The predicted molar refractivity (Wildman–Crippen MR) is 158 cm³/mol. The summed E-state index contributed by atoms with van der Waals surface area (Å²) in [5.41, 5.74) is 1.80. The number of benzene rings is 2. The Bertz CT molecular complexity index is 1350. The van der Waals surface area contributed by atoms with Crippen LogP contribution in [-0.2, 0) is 19.8 Å². The van der Waals surface area contributed by atoms with Crippen molar-refractivity contribution in [1.29, 1.82) is 5.26 Å². The minimum atomic E-state index is -0.958. The molecule has 1 N–H and O–H groups in total. The average Bonchev–Trinajstić information content (AvgIpc) is 3.65. The van der Waals surface area contributed by atoms with Crippen LogP contribution in [0.25, 0.3) is 0 Å². The first kappa shape index (κ1) is 28.8. The van der Waals surface area contributed by atoms with Gasteiger partial charge in [0, 0.05) is 37.8 Å². The van der Waals surface area contributed by atoms with E-state index in [4.69, 9.17) is 0 Å². The topological polar surface area (TPSA) is 96.7 Å². The van der Waals surface area contributed by atoms with E-state index in [0.717, 1.165) is 17.7 Å². The first-order valence-corrected chi connectivity index (χ1v) is 14.8. The Labute approximate surface area is 243 Å². The maximum Gasteiger partial charge on any atom is 0.246 e. The fourth-order valence-corrected chi connectivity index (χ4v) is 7.25. The lowest BCUT2D eigenvalue weighted by Gasteiger charge is -2.38. The number of rotatable bonds is 7. The van der Waals surface area contributed by atoms with Crippen LogP contribution >= 0.6 is 0 Å². The molecule has 2 fully saturated rings. The van der Waals surface area contributed by atoms with Crippen molar-refractivity contribution >= 4 is 23.4 Å². The molecule has 2 aromatic carbocycles. The molecule has 3 amide bonds. The Morgan fingerprint density at radius 2 is 1.76 bits per heavy atom. The lowest BCUT2D eigenvalue weighted by Crippen LogP contribution is -2.56. The molecule has 0 aliphatic carbocycles. The summed E-state index contributed by atoms with van der Waals surface area (Å²) < 4.78 is 0. The summed E-state index contributed by atoms with van der Waals surface area (Å²) in [5, 5.41) is 13.1. The fourth-order valence-electron chi connectivity index (χ4n) is 7.25. The zero-order valence-electron chi connectivity index (χ0n) is 24.7. The van der Waals surface area contributed by atoms with Crippen molar-refractivity contribution in [3.63, 3.8) is 0 Å². The van der Waals surface area contributed by atoms with Gasteiger partial charge in [-0.3, -0.25) is 19.3 Å². The number of carbonyl (C=O) groups is 3. The summed E-state index contributed by atoms with van der Waals surface area (Å²) in [7, 11) is 1.73. The van der Waals surface area contributed by atoms with Crippen LogP contribution < -0.4 is 5.32 Å². The number of nitrogens with one attached hydrogen (secondary N) is 1. The smallest absolute Gasteiger partial charge is 0.246 e. The molecule has 1 spiro atoms. The van der Waals surface area contributed by atoms with Crippen molar-refractivity contribution in [1.82, 2.24) is 14.7 Å². The predicted octanol–water partition coefficient (Wildman–Crippen LogP) is 4.49. The second-order valence-electron chi connectivity index (χ2n) is 12.6. The highest BCUT2D eigenvalue weighted by molar-refractivity contribution is 6.07. The van der Waals surface area contributed by atoms with Gasteiger partial charge >= 0.3 is 0 Å². The number of likely N-dealkylation sites (N-methyl/N-ethyl adjacent to an activating group) is 1. The molecule has 3 aliphatic heterocycles. The molecule has 0 unspecified atom stereocenters. The van der Waals surface area contributed by atoms with Crippen molar-refractivity contribution in [3.05, 3.63) is 65.7 Å². The number of anilines is 1. The third-order valence-electron chi connectivity index (χ3n) is 9.21. The normalized spacial score (nSPS) is 26.3. The van der Waals surface area contributed by atoms with Crippen molar-refractivity contribution in [3.8, 4) is 6.07 Å². The third kappa shape index (κ3) is 5.01. The molecule has 5 rings (SSSR count). The van der Waals surface area contributed by atoms with Crippen LogP contribution in [0.2, 0.25) is 0 Å². The van der Waals surface area contributed by atoms with Crippen molar-refractivity contribution in [2.75, 3.05) is 18.9 Å². The Morgan fingerprint density at radius 1 is 1.07 bits per heavy atom. The van der Waals surface area contributed by atoms with Gasteiger partial charge in [-0.15, -0.1) is 0 Å². The van der Waals surface area contributed by atoms with Gasteiger partial charge in [0.1, 0.15) is 12.1 Å². The SMILES string of the molecule is CC(C)C[C@@H](C(=O)N1C[C@]2(C[C@H]1C#N)C(=O)Nc1ccccc12)N(C)C(=O)[C@@H]1CC[C@@H](c2ccccc2)N1C(C)C. The average molecular weight is 556 g/mol. The second-order valence-corrected chi connectivity index (χ2v) is 12.6. The fraction of sp³-hybridized carbons (Fsp3) is 0.515. The van der Waals surface area contributed by atoms with E-state index in [1.807, 2.05) is 56.3 Å². The number of nitrogens with zero attached hydrogens (tertiary/aromatic N) is 4. The van der Waals surface area contributed by atoms with Crippen LogP contribution in [0.15, 0.2) is 54.6 Å². The largest absolute Gasteiger partial charge is 0.332 e. The molecule has 2 saturated heterocycles. The number of para-hydroxylation sites is 1. The number of fused-ring (bicyclic) bond motifs is 2. The van der Waals surface area contributed by atoms with E-state index >= 15 is 0 Å². The van der Waals surface area contributed by atoms with Gasteiger partial charge in [-0.1, -0.05) is 62.4 Å². The Hall–Kier alpha value is -3.70. The van der Waals surface area contributed by atoms with Gasteiger partial charge in [0.25, 0.3) is 0 Å². The maximum atomic E-state index is 14.3. The van der Waals surface area contributed by atoms with Gasteiger partial charge in [0.2, 0.25) is 17.7 Å². The molecule has 5 atom stereocenters. The van der Waals surface area contributed by atoms with Crippen molar-refractivity contribution in [2.24, 2.45) is 5.92 Å². The first-order valence-electron chi connectivity index (χ1n) is 14.8. The number of likely N-dealkylation sites (tertiary alicyclic amines) is 2. The number of carbonyl (C=O) groups excluding carboxylic acids is 3. The van der Waals surface area contributed by atoms with Gasteiger partial charge in [-0.2, -0.15) is 5.26 Å². The number of nitriles is 1. The lowest BCUT2D eigenvalue weighted by atomic mass is 9.80. The summed E-state index contributed by atoms with van der Waals surface area (Å²) in [4.78, 5) is 47.2. The monoisotopic (exact) mass is 555 g/mol. The highest BCUT2D eigenvalue weighted by atomic mass is 16.2. The van der Waals surface area contributed by atoms with Crippen LogP contribution in [0.5, 0.6) is 0 Å². The van der Waals surface area contributed by atoms with Gasteiger partial charge in [-0.25, -0.2) is 0 Å². The minimum absolute atomic E-state index is 0.0671. The van der Waals surface area contributed by atoms with Crippen LogP contribution in [0, 0.1) is 17.2 Å². The number of hydrogen-bond acceptors (Lipinski definition) is 5. The molecular weight excluding hydrogens is 514 g/mol. The standard InChI is InChI=1S/C33H41N5O3/c1-21(2)17-29(36(5)30(39)28-16-15-27(38(28)22(3)4)23-11-7-6-8-12-23)31(40)37-20-33(18-24(37)19-34)25-13-9-10-14-26(25)35-32(33)41/h6-14,21-22,24,27-29H,15-18,20H2,1-5H3,(H,35,41)/t24-,27-,28-,29-,33-/m0/s1. The second kappa shape index (κ2) is 11.3. The Kier molecular flexibility index (Phi) is 7.93.